The highest BCUT2D eigenvalue weighted by Gasteiger charge is 2.15. The zero-order valence-corrected chi connectivity index (χ0v) is 15.0. The Morgan fingerprint density at radius 2 is 2.04 bits per heavy atom. The number of amides is 1. The highest BCUT2D eigenvalue weighted by Crippen LogP contribution is 2.30. The predicted molar refractivity (Wildman–Crippen MR) is 95.5 cm³/mol. The highest BCUT2D eigenvalue weighted by atomic mass is 79.9. The van der Waals surface area contributed by atoms with E-state index in [0.717, 1.165) is 16.5 Å². The van der Waals surface area contributed by atoms with E-state index in [2.05, 4.69) is 35.1 Å². The largest absolute Gasteiger partial charge is 0.506 e. The van der Waals surface area contributed by atoms with E-state index in [9.17, 15) is 9.90 Å². The molecule has 0 saturated carbocycles. The lowest BCUT2D eigenvalue weighted by Gasteiger charge is -2.13. The van der Waals surface area contributed by atoms with Gasteiger partial charge >= 0.3 is 0 Å². The van der Waals surface area contributed by atoms with Crippen molar-refractivity contribution in [1.29, 1.82) is 0 Å². The molecule has 0 saturated heterocycles. The molecular weight excluding hydrogens is 358 g/mol. The molecule has 1 amide bonds. The molecule has 4 nitrogen and oxygen atoms in total. The van der Waals surface area contributed by atoms with Gasteiger partial charge in [0.25, 0.3) is 5.91 Å². The van der Waals surface area contributed by atoms with Crippen molar-refractivity contribution in [2.75, 3.05) is 12.4 Å². The maximum atomic E-state index is 12.5. The molecule has 0 aromatic heterocycles. The van der Waals surface area contributed by atoms with Crippen LogP contribution in [0.3, 0.4) is 0 Å². The predicted octanol–water partition coefficient (Wildman–Crippen LogP) is 4.93. The number of phenolic OH excluding ortho intramolecular Hbond substituents is 1. The minimum atomic E-state index is -0.338. The second-order valence-corrected chi connectivity index (χ2v) is 6.30. The Labute approximate surface area is 144 Å². The molecule has 2 aromatic carbocycles. The van der Waals surface area contributed by atoms with Crippen LogP contribution < -0.4 is 10.1 Å². The highest BCUT2D eigenvalue weighted by molar-refractivity contribution is 9.10. The molecule has 2 N–H and O–H groups in total. The number of ether oxygens (including phenoxy) is 1. The molecule has 5 heteroatoms. The van der Waals surface area contributed by atoms with Gasteiger partial charge in [-0.05, 0) is 48.2 Å². The number of carbonyl (C=O) groups is 1. The van der Waals surface area contributed by atoms with E-state index in [0.29, 0.717) is 22.9 Å². The van der Waals surface area contributed by atoms with Crippen molar-refractivity contribution in [2.45, 2.75) is 26.2 Å². The third-order valence-corrected chi connectivity index (χ3v) is 4.35. The SMILES string of the molecule is CC[C@@H](C)c1ccc(NC(=O)c2cc(Br)ccc2OC)c(O)c1. The zero-order valence-electron chi connectivity index (χ0n) is 13.4. The summed E-state index contributed by atoms with van der Waals surface area (Å²) >= 11 is 3.34. The first-order valence-electron chi connectivity index (χ1n) is 7.44. The molecule has 2 aromatic rings. The summed E-state index contributed by atoms with van der Waals surface area (Å²) in [5.74, 6) is 0.553. The van der Waals surface area contributed by atoms with Gasteiger partial charge in [0.2, 0.25) is 0 Å². The summed E-state index contributed by atoms with van der Waals surface area (Å²) in [6.45, 7) is 4.19. The monoisotopic (exact) mass is 377 g/mol. The Balaban J connectivity index is 2.25. The summed E-state index contributed by atoms with van der Waals surface area (Å²) in [6.07, 6.45) is 0.986. The van der Waals surface area contributed by atoms with Crippen LogP contribution in [0.25, 0.3) is 0 Å². The van der Waals surface area contributed by atoms with E-state index < -0.39 is 0 Å². The summed E-state index contributed by atoms with van der Waals surface area (Å²) in [7, 11) is 1.51. The van der Waals surface area contributed by atoms with Crippen LogP contribution in [0.1, 0.15) is 42.1 Å². The number of methoxy groups -OCH3 is 1. The third kappa shape index (κ3) is 4.05. The van der Waals surface area contributed by atoms with E-state index in [1.807, 2.05) is 6.07 Å². The number of rotatable bonds is 5. The van der Waals surface area contributed by atoms with Crippen LogP contribution in [0.15, 0.2) is 40.9 Å². The number of benzene rings is 2. The van der Waals surface area contributed by atoms with Crippen LogP contribution in [0, 0.1) is 0 Å². The van der Waals surface area contributed by atoms with Crippen molar-refractivity contribution in [2.24, 2.45) is 0 Å². The van der Waals surface area contributed by atoms with E-state index >= 15 is 0 Å². The van der Waals surface area contributed by atoms with E-state index in [4.69, 9.17) is 4.74 Å². The molecule has 0 aliphatic rings. The minimum Gasteiger partial charge on any atom is -0.506 e. The number of aromatic hydroxyl groups is 1. The van der Waals surface area contributed by atoms with E-state index in [1.165, 1.54) is 7.11 Å². The van der Waals surface area contributed by atoms with Gasteiger partial charge in [-0.25, -0.2) is 0 Å². The number of hydrogen-bond acceptors (Lipinski definition) is 3. The van der Waals surface area contributed by atoms with Gasteiger partial charge in [0.15, 0.2) is 0 Å². The van der Waals surface area contributed by atoms with Crippen molar-refractivity contribution in [1.82, 2.24) is 0 Å². The second-order valence-electron chi connectivity index (χ2n) is 5.38. The fraction of sp³-hybridized carbons (Fsp3) is 0.278. The zero-order chi connectivity index (χ0) is 17.0. The average molecular weight is 378 g/mol. The van der Waals surface area contributed by atoms with E-state index in [-0.39, 0.29) is 11.7 Å². The van der Waals surface area contributed by atoms with Gasteiger partial charge in [-0.3, -0.25) is 4.79 Å². The van der Waals surface area contributed by atoms with Gasteiger partial charge in [0, 0.05) is 4.47 Å². The lowest BCUT2D eigenvalue weighted by Crippen LogP contribution is -2.13. The number of halogens is 1. The van der Waals surface area contributed by atoms with Crippen LogP contribution in [0.4, 0.5) is 5.69 Å². The summed E-state index contributed by atoms with van der Waals surface area (Å²) in [5, 5.41) is 12.9. The van der Waals surface area contributed by atoms with Gasteiger partial charge in [-0.1, -0.05) is 35.8 Å². The average Bonchev–Trinajstić information content (AvgIpc) is 2.55. The van der Waals surface area contributed by atoms with Crippen molar-refractivity contribution >= 4 is 27.5 Å². The standard InChI is InChI=1S/C18H20BrNO3/c1-4-11(2)12-5-7-15(16(21)9-12)20-18(22)14-10-13(19)6-8-17(14)23-3/h5-11,21H,4H2,1-3H3,(H,20,22)/t11-/m1/s1. The Bertz CT molecular complexity index is 715. The van der Waals surface area contributed by atoms with Gasteiger partial charge in [-0.15, -0.1) is 0 Å². The molecule has 0 radical (unpaired) electrons. The van der Waals surface area contributed by atoms with Crippen molar-refractivity contribution < 1.29 is 14.6 Å². The second kappa shape index (κ2) is 7.51. The molecule has 122 valence electrons. The number of carbonyl (C=O) groups excluding carboxylic acids is 1. The first kappa shape index (κ1) is 17.3. The molecule has 0 unspecified atom stereocenters. The molecule has 2 rings (SSSR count). The number of hydrogen-bond donors (Lipinski definition) is 2. The molecule has 23 heavy (non-hydrogen) atoms. The van der Waals surface area contributed by atoms with Gasteiger partial charge < -0.3 is 15.2 Å². The maximum Gasteiger partial charge on any atom is 0.259 e. The molecule has 0 spiro atoms. The fourth-order valence-electron chi connectivity index (χ4n) is 2.24. The van der Waals surface area contributed by atoms with Crippen LogP contribution in [0.5, 0.6) is 11.5 Å². The Kier molecular flexibility index (Phi) is 5.66. The van der Waals surface area contributed by atoms with Crippen LogP contribution in [-0.2, 0) is 0 Å². The van der Waals surface area contributed by atoms with Crippen LogP contribution in [0.2, 0.25) is 0 Å². The molecule has 1 atom stereocenters. The number of phenols is 1. The van der Waals surface area contributed by atoms with Crippen molar-refractivity contribution in [3.63, 3.8) is 0 Å². The van der Waals surface area contributed by atoms with Gasteiger partial charge in [-0.2, -0.15) is 0 Å². The topological polar surface area (TPSA) is 58.6 Å². The number of anilines is 1. The first-order chi connectivity index (χ1) is 11.0. The molecule has 0 bridgehead atoms. The lowest BCUT2D eigenvalue weighted by molar-refractivity contribution is 0.102. The molecule has 0 aliphatic heterocycles. The smallest absolute Gasteiger partial charge is 0.259 e. The van der Waals surface area contributed by atoms with Crippen molar-refractivity contribution in [3.8, 4) is 11.5 Å². The minimum absolute atomic E-state index is 0.0603. The Morgan fingerprint density at radius 3 is 2.65 bits per heavy atom. The fourth-order valence-corrected chi connectivity index (χ4v) is 2.60. The molecular formula is C18H20BrNO3. The summed E-state index contributed by atoms with van der Waals surface area (Å²) in [5.41, 5.74) is 1.82. The summed E-state index contributed by atoms with van der Waals surface area (Å²) in [4.78, 5) is 12.5. The number of nitrogens with one attached hydrogen (secondary N) is 1. The first-order valence-corrected chi connectivity index (χ1v) is 8.23. The van der Waals surface area contributed by atoms with E-state index in [1.54, 1.807) is 30.3 Å². The van der Waals surface area contributed by atoms with Gasteiger partial charge in [0.1, 0.15) is 11.5 Å². The lowest BCUT2D eigenvalue weighted by atomic mass is 9.98. The normalized spacial score (nSPS) is 11.8. The van der Waals surface area contributed by atoms with Gasteiger partial charge in [0.05, 0.1) is 18.4 Å². The molecule has 0 heterocycles. The third-order valence-electron chi connectivity index (χ3n) is 3.86. The molecule has 0 fully saturated rings. The van der Waals surface area contributed by atoms with Crippen LogP contribution >= 0.6 is 15.9 Å². The Hall–Kier alpha value is -2.01. The summed E-state index contributed by atoms with van der Waals surface area (Å²) < 4.78 is 5.99. The quantitative estimate of drug-likeness (QED) is 0.726. The molecule has 0 aliphatic carbocycles. The Morgan fingerprint density at radius 1 is 1.30 bits per heavy atom. The van der Waals surface area contributed by atoms with Crippen LogP contribution in [-0.4, -0.2) is 18.1 Å². The van der Waals surface area contributed by atoms with Crippen molar-refractivity contribution in [3.05, 3.63) is 52.0 Å². The maximum absolute atomic E-state index is 12.5. The summed E-state index contributed by atoms with van der Waals surface area (Å²) in [6, 6.07) is 10.5.